The highest BCUT2D eigenvalue weighted by atomic mass is 32.1. The molecule has 0 unspecified atom stereocenters. The fourth-order valence-electron chi connectivity index (χ4n) is 2.39. The van der Waals surface area contributed by atoms with Gasteiger partial charge in [0.25, 0.3) is 0 Å². The molecule has 98 valence electrons. The molecular weight excluding hydrogens is 244 g/mol. The summed E-state index contributed by atoms with van der Waals surface area (Å²) in [5.41, 5.74) is 9.06. The standard InChI is InChI=1S/C14H20N2OS/c1-10-4-5-12(11(8-10)13(15)18)16-6-7-17-9-14(16,2)3/h4-5,8H,6-7,9H2,1-3H3,(H2,15,18). The first-order valence-corrected chi connectivity index (χ1v) is 6.58. The molecule has 0 spiro atoms. The monoisotopic (exact) mass is 264 g/mol. The maximum atomic E-state index is 5.85. The Bertz CT molecular complexity index is 471. The Balaban J connectivity index is 2.46. The van der Waals surface area contributed by atoms with Crippen LogP contribution in [0.2, 0.25) is 0 Å². The van der Waals surface area contributed by atoms with Crippen LogP contribution in [0.5, 0.6) is 0 Å². The minimum atomic E-state index is -0.0347. The van der Waals surface area contributed by atoms with Gasteiger partial charge >= 0.3 is 0 Å². The van der Waals surface area contributed by atoms with Crippen molar-refractivity contribution in [3.05, 3.63) is 29.3 Å². The van der Waals surface area contributed by atoms with E-state index in [1.165, 1.54) is 5.56 Å². The van der Waals surface area contributed by atoms with Gasteiger partial charge in [-0.3, -0.25) is 0 Å². The van der Waals surface area contributed by atoms with E-state index >= 15 is 0 Å². The lowest BCUT2D eigenvalue weighted by Crippen LogP contribution is -2.53. The first-order chi connectivity index (χ1) is 8.42. The predicted octanol–water partition coefficient (Wildman–Crippen LogP) is 2.24. The summed E-state index contributed by atoms with van der Waals surface area (Å²) in [5.74, 6) is 0. The first-order valence-electron chi connectivity index (χ1n) is 6.18. The molecule has 0 amide bonds. The molecule has 1 aliphatic heterocycles. The van der Waals surface area contributed by atoms with E-state index in [0.29, 0.717) is 4.99 Å². The van der Waals surface area contributed by atoms with Gasteiger partial charge in [-0.05, 0) is 32.9 Å². The molecule has 0 bridgehead atoms. The van der Waals surface area contributed by atoms with Gasteiger partial charge in [0.2, 0.25) is 0 Å². The number of hydrogen-bond acceptors (Lipinski definition) is 3. The van der Waals surface area contributed by atoms with Crippen LogP contribution in [0.3, 0.4) is 0 Å². The maximum absolute atomic E-state index is 5.85. The van der Waals surface area contributed by atoms with E-state index in [0.717, 1.165) is 31.0 Å². The second kappa shape index (κ2) is 4.86. The molecular formula is C14H20N2OS. The van der Waals surface area contributed by atoms with Gasteiger partial charge in [-0.2, -0.15) is 0 Å². The topological polar surface area (TPSA) is 38.5 Å². The zero-order chi connectivity index (χ0) is 13.3. The second-order valence-electron chi connectivity index (χ2n) is 5.40. The number of nitrogens with zero attached hydrogens (tertiary/aromatic N) is 1. The Kier molecular flexibility index (Phi) is 3.59. The molecule has 1 heterocycles. The second-order valence-corrected chi connectivity index (χ2v) is 5.84. The minimum absolute atomic E-state index is 0.0347. The van der Waals surface area contributed by atoms with Crippen LogP contribution in [0.1, 0.15) is 25.0 Å². The van der Waals surface area contributed by atoms with Crippen LogP contribution in [-0.4, -0.2) is 30.3 Å². The van der Waals surface area contributed by atoms with Crippen LogP contribution in [0, 0.1) is 6.92 Å². The molecule has 0 aromatic heterocycles. The van der Waals surface area contributed by atoms with Crippen molar-refractivity contribution in [1.82, 2.24) is 0 Å². The quantitative estimate of drug-likeness (QED) is 0.832. The average Bonchev–Trinajstić information content (AvgIpc) is 2.29. The minimum Gasteiger partial charge on any atom is -0.389 e. The van der Waals surface area contributed by atoms with E-state index < -0.39 is 0 Å². The highest BCUT2D eigenvalue weighted by Gasteiger charge is 2.32. The van der Waals surface area contributed by atoms with E-state index in [1.54, 1.807) is 0 Å². The highest BCUT2D eigenvalue weighted by Crippen LogP contribution is 2.30. The Hall–Kier alpha value is -1.13. The summed E-state index contributed by atoms with van der Waals surface area (Å²) in [6.45, 7) is 8.73. The zero-order valence-corrected chi connectivity index (χ0v) is 12.0. The molecule has 2 N–H and O–H groups in total. The molecule has 0 aliphatic carbocycles. The Morgan fingerprint density at radius 2 is 2.17 bits per heavy atom. The van der Waals surface area contributed by atoms with Crippen molar-refractivity contribution in [3.8, 4) is 0 Å². The van der Waals surface area contributed by atoms with Crippen molar-refractivity contribution >= 4 is 22.9 Å². The number of ether oxygens (including phenoxy) is 1. The normalized spacial score (nSPS) is 18.7. The van der Waals surface area contributed by atoms with Gasteiger partial charge in [0.15, 0.2) is 0 Å². The lowest BCUT2D eigenvalue weighted by atomic mass is 9.98. The maximum Gasteiger partial charge on any atom is 0.106 e. The van der Waals surface area contributed by atoms with Crippen LogP contribution in [0.15, 0.2) is 18.2 Å². The SMILES string of the molecule is Cc1ccc(N2CCOCC2(C)C)c(C(N)=S)c1. The van der Waals surface area contributed by atoms with Crippen molar-refractivity contribution < 1.29 is 4.74 Å². The Labute approximate surface area is 114 Å². The predicted molar refractivity (Wildman–Crippen MR) is 79.3 cm³/mol. The number of aryl methyl sites for hydroxylation is 1. The third kappa shape index (κ3) is 2.49. The van der Waals surface area contributed by atoms with Gasteiger partial charge in [-0.25, -0.2) is 0 Å². The van der Waals surface area contributed by atoms with Crippen LogP contribution in [-0.2, 0) is 4.74 Å². The van der Waals surface area contributed by atoms with Gasteiger partial charge in [-0.15, -0.1) is 0 Å². The summed E-state index contributed by atoms with van der Waals surface area (Å²) >= 11 is 5.17. The van der Waals surface area contributed by atoms with Gasteiger partial charge < -0.3 is 15.4 Å². The lowest BCUT2D eigenvalue weighted by molar-refractivity contribution is 0.0644. The van der Waals surface area contributed by atoms with Crippen molar-refractivity contribution in [2.75, 3.05) is 24.7 Å². The van der Waals surface area contributed by atoms with Crippen molar-refractivity contribution in [2.24, 2.45) is 5.73 Å². The lowest BCUT2D eigenvalue weighted by Gasteiger charge is -2.44. The molecule has 0 saturated carbocycles. The fraction of sp³-hybridized carbons (Fsp3) is 0.500. The summed E-state index contributed by atoms with van der Waals surface area (Å²) in [6.07, 6.45) is 0. The smallest absolute Gasteiger partial charge is 0.106 e. The number of morpholine rings is 1. The molecule has 0 radical (unpaired) electrons. The molecule has 4 heteroatoms. The third-order valence-corrected chi connectivity index (χ3v) is 3.57. The van der Waals surface area contributed by atoms with E-state index in [-0.39, 0.29) is 5.54 Å². The van der Waals surface area contributed by atoms with Crippen LogP contribution in [0.25, 0.3) is 0 Å². The number of anilines is 1. The van der Waals surface area contributed by atoms with E-state index in [9.17, 15) is 0 Å². The van der Waals surface area contributed by atoms with Crippen LogP contribution < -0.4 is 10.6 Å². The van der Waals surface area contributed by atoms with E-state index in [2.05, 4.69) is 43.9 Å². The van der Waals surface area contributed by atoms with E-state index in [4.69, 9.17) is 22.7 Å². The first kappa shape index (κ1) is 13.3. The number of hydrogen-bond donors (Lipinski definition) is 1. The number of nitrogens with two attached hydrogens (primary N) is 1. The molecule has 0 atom stereocenters. The number of benzene rings is 1. The van der Waals surface area contributed by atoms with Gasteiger partial charge in [0, 0.05) is 17.8 Å². The van der Waals surface area contributed by atoms with Gasteiger partial charge in [-0.1, -0.05) is 23.8 Å². The molecule has 1 aromatic rings. The molecule has 3 nitrogen and oxygen atoms in total. The molecule has 18 heavy (non-hydrogen) atoms. The molecule has 1 aromatic carbocycles. The summed E-state index contributed by atoms with van der Waals surface area (Å²) in [7, 11) is 0. The zero-order valence-electron chi connectivity index (χ0n) is 11.2. The van der Waals surface area contributed by atoms with Crippen LogP contribution >= 0.6 is 12.2 Å². The molecule has 2 rings (SSSR count). The number of thiocarbonyl (C=S) groups is 1. The van der Waals surface area contributed by atoms with Gasteiger partial charge in [0.05, 0.1) is 18.8 Å². The number of rotatable bonds is 2. The average molecular weight is 264 g/mol. The van der Waals surface area contributed by atoms with Crippen LogP contribution in [0.4, 0.5) is 5.69 Å². The van der Waals surface area contributed by atoms with Gasteiger partial charge in [0.1, 0.15) is 4.99 Å². The van der Waals surface area contributed by atoms with Crippen molar-refractivity contribution in [2.45, 2.75) is 26.3 Å². The molecule has 1 saturated heterocycles. The summed E-state index contributed by atoms with van der Waals surface area (Å²) < 4.78 is 5.55. The largest absolute Gasteiger partial charge is 0.389 e. The highest BCUT2D eigenvalue weighted by molar-refractivity contribution is 7.80. The Morgan fingerprint density at radius 3 is 2.78 bits per heavy atom. The summed E-state index contributed by atoms with van der Waals surface area (Å²) in [6, 6.07) is 6.27. The summed E-state index contributed by atoms with van der Waals surface area (Å²) in [5, 5.41) is 0. The summed E-state index contributed by atoms with van der Waals surface area (Å²) in [4.78, 5) is 2.79. The molecule has 1 fully saturated rings. The van der Waals surface area contributed by atoms with Crippen molar-refractivity contribution in [1.29, 1.82) is 0 Å². The third-order valence-electron chi connectivity index (χ3n) is 3.35. The fourth-order valence-corrected chi connectivity index (χ4v) is 2.55. The van der Waals surface area contributed by atoms with Crippen molar-refractivity contribution in [3.63, 3.8) is 0 Å². The Morgan fingerprint density at radius 1 is 1.44 bits per heavy atom. The van der Waals surface area contributed by atoms with E-state index in [1.807, 2.05) is 0 Å². The molecule has 1 aliphatic rings.